The van der Waals surface area contributed by atoms with E-state index in [0.717, 1.165) is 46.1 Å². The minimum Gasteiger partial charge on any atom is -0.399 e. The number of rotatable bonds is 7. The number of aromatic nitrogens is 3. The van der Waals surface area contributed by atoms with Crippen LogP contribution < -0.4 is 5.46 Å². The zero-order valence-electron chi connectivity index (χ0n) is 30.0. The molecule has 2 aliphatic rings. The smallest absolute Gasteiger partial charge is 0.399 e. The minimum atomic E-state index is -0.366. The van der Waals surface area contributed by atoms with Crippen molar-refractivity contribution in [3.63, 3.8) is 0 Å². The molecule has 1 aromatic heterocycles. The standard InChI is InChI=1S/C45H44BN3O2/c1-43(2)44(3,4)51-46(50-43)37-28-26-36(27-29-37)45(30-14-7-15-31-45)35-24-22-34(23-25-35)41-47-40(33-18-10-6-11-19-33)48-42(49-41)39-21-13-12-20-38(39)32-16-8-5-9-17-32/h5-6,8-13,16-29H,7,14-15,30-31H2,1-4H3. The number of nitrogens with zero attached hydrogens (tertiary/aromatic N) is 3. The van der Waals surface area contributed by atoms with E-state index in [1.54, 1.807) is 0 Å². The van der Waals surface area contributed by atoms with Crippen molar-refractivity contribution in [2.75, 3.05) is 0 Å². The molecule has 6 heteroatoms. The molecule has 0 spiro atoms. The molecular formula is C45H44BN3O2. The van der Waals surface area contributed by atoms with Crippen LogP contribution in [0, 0.1) is 0 Å². The summed E-state index contributed by atoms with van der Waals surface area (Å²) in [5.74, 6) is 1.99. The molecule has 0 N–H and O–H groups in total. The highest BCUT2D eigenvalue weighted by molar-refractivity contribution is 6.62. The topological polar surface area (TPSA) is 57.1 Å². The van der Waals surface area contributed by atoms with Crippen LogP contribution in [0.2, 0.25) is 0 Å². The van der Waals surface area contributed by atoms with Gasteiger partial charge in [0.05, 0.1) is 11.2 Å². The monoisotopic (exact) mass is 669 g/mol. The third-order valence-corrected chi connectivity index (χ3v) is 11.3. The molecule has 1 saturated carbocycles. The Morgan fingerprint density at radius 1 is 0.451 bits per heavy atom. The normalized spacial score (nSPS) is 17.7. The van der Waals surface area contributed by atoms with Crippen LogP contribution in [-0.4, -0.2) is 33.3 Å². The van der Waals surface area contributed by atoms with Gasteiger partial charge in [-0.2, -0.15) is 0 Å². The average molecular weight is 670 g/mol. The molecular weight excluding hydrogens is 625 g/mol. The summed E-state index contributed by atoms with van der Waals surface area (Å²) in [6, 6.07) is 46.9. The zero-order valence-corrected chi connectivity index (χ0v) is 30.0. The molecule has 0 radical (unpaired) electrons. The third kappa shape index (κ3) is 6.32. The van der Waals surface area contributed by atoms with E-state index >= 15 is 0 Å². The highest BCUT2D eigenvalue weighted by atomic mass is 16.7. The lowest BCUT2D eigenvalue weighted by atomic mass is 9.64. The van der Waals surface area contributed by atoms with E-state index in [0.29, 0.717) is 17.5 Å². The molecule has 0 atom stereocenters. The molecule has 1 aliphatic heterocycles. The Balaban J connectivity index is 1.16. The molecule has 51 heavy (non-hydrogen) atoms. The Bertz CT molecular complexity index is 2110. The number of hydrogen-bond donors (Lipinski definition) is 0. The summed E-state index contributed by atoms with van der Waals surface area (Å²) in [7, 11) is -0.365. The van der Waals surface area contributed by atoms with Gasteiger partial charge in [0, 0.05) is 22.1 Å². The van der Waals surface area contributed by atoms with Crippen molar-refractivity contribution in [2.24, 2.45) is 0 Å². The Kier molecular flexibility index (Phi) is 8.69. The van der Waals surface area contributed by atoms with Gasteiger partial charge in [0.2, 0.25) is 0 Å². The Morgan fingerprint density at radius 3 is 1.47 bits per heavy atom. The van der Waals surface area contributed by atoms with Crippen LogP contribution >= 0.6 is 0 Å². The van der Waals surface area contributed by atoms with Crippen molar-refractivity contribution in [1.29, 1.82) is 0 Å². The van der Waals surface area contributed by atoms with Crippen molar-refractivity contribution in [1.82, 2.24) is 15.0 Å². The molecule has 5 aromatic carbocycles. The fourth-order valence-electron chi connectivity index (χ4n) is 7.67. The van der Waals surface area contributed by atoms with Crippen LogP contribution in [-0.2, 0) is 14.7 Å². The summed E-state index contributed by atoms with van der Waals surface area (Å²) < 4.78 is 12.7. The van der Waals surface area contributed by atoms with Crippen molar-refractivity contribution < 1.29 is 9.31 Å². The zero-order chi connectivity index (χ0) is 35.1. The van der Waals surface area contributed by atoms with Crippen LogP contribution in [0.4, 0.5) is 0 Å². The quantitative estimate of drug-likeness (QED) is 0.158. The van der Waals surface area contributed by atoms with Crippen LogP contribution in [0.5, 0.6) is 0 Å². The second-order valence-electron chi connectivity index (χ2n) is 15.0. The molecule has 2 fully saturated rings. The van der Waals surface area contributed by atoms with E-state index in [9.17, 15) is 0 Å². The van der Waals surface area contributed by atoms with Gasteiger partial charge in [0.15, 0.2) is 17.5 Å². The number of benzene rings is 5. The van der Waals surface area contributed by atoms with Crippen LogP contribution in [0.3, 0.4) is 0 Å². The molecule has 0 amide bonds. The van der Waals surface area contributed by atoms with E-state index in [2.05, 4.69) is 131 Å². The maximum Gasteiger partial charge on any atom is 0.494 e. The van der Waals surface area contributed by atoms with Gasteiger partial charge in [0.25, 0.3) is 0 Å². The van der Waals surface area contributed by atoms with E-state index in [-0.39, 0.29) is 23.7 Å². The summed E-state index contributed by atoms with van der Waals surface area (Å²) >= 11 is 0. The number of hydrogen-bond acceptors (Lipinski definition) is 5. The largest absolute Gasteiger partial charge is 0.494 e. The first-order valence-electron chi connectivity index (χ1n) is 18.3. The van der Waals surface area contributed by atoms with Crippen molar-refractivity contribution in [2.45, 2.75) is 76.4 Å². The van der Waals surface area contributed by atoms with Crippen LogP contribution in [0.25, 0.3) is 45.3 Å². The highest BCUT2D eigenvalue weighted by Gasteiger charge is 2.51. The summed E-state index contributed by atoms with van der Waals surface area (Å²) in [6.45, 7) is 8.41. The second kappa shape index (κ2) is 13.3. The predicted octanol–water partition coefficient (Wildman–Crippen LogP) is 10.1. The lowest BCUT2D eigenvalue weighted by Gasteiger charge is -2.39. The molecule has 6 aromatic rings. The summed E-state index contributed by atoms with van der Waals surface area (Å²) in [4.78, 5) is 15.2. The van der Waals surface area contributed by atoms with Crippen LogP contribution in [0.15, 0.2) is 133 Å². The second-order valence-corrected chi connectivity index (χ2v) is 15.0. The predicted molar refractivity (Wildman–Crippen MR) is 208 cm³/mol. The summed E-state index contributed by atoms with van der Waals surface area (Å²) in [5, 5.41) is 0. The highest BCUT2D eigenvalue weighted by Crippen LogP contribution is 2.45. The molecule has 2 heterocycles. The van der Waals surface area contributed by atoms with E-state index in [4.69, 9.17) is 24.3 Å². The maximum absolute atomic E-state index is 6.36. The summed E-state index contributed by atoms with van der Waals surface area (Å²) in [5.41, 5.74) is 8.08. The van der Waals surface area contributed by atoms with Gasteiger partial charge in [-0.1, -0.05) is 153 Å². The van der Waals surface area contributed by atoms with Crippen LogP contribution in [0.1, 0.15) is 70.9 Å². The van der Waals surface area contributed by atoms with Gasteiger partial charge in [-0.15, -0.1) is 0 Å². The van der Waals surface area contributed by atoms with Crippen molar-refractivity contribution in [3.8, 4) is 45.3 Å². The van der Waals surface area contributed by atoms with E-state index in [1.165, 1.54) is 30.4 Å². The van der Waals surface area contributed by atoms with Gasteiger partial charge in [0.1, 0.15) is 0 Å². The molecule has 0 unspecified atom stereocenters. The molecule has 8 rings (SSSR count). The Morgan fingerprint density at radius 2 is 0.902 bits per heavy atom. The molecule has 5 nitrogen and oxygen atoms in total. The van der Waals surface area contributed by atoms with E-state index in [1.807, 2.05) is 30.3 Å². The fourth-order valence-corrected chi connectivity index (χ4v) is 7.67. The first-order valence-corrected chi connectivity index (χ1v) is 18.3. The van der Waals surface area contributed by atoms with Crippen molar-refractivity contribution >= 4 is 12.6 Å². The van der Waals surface area contributed by atoms with Gasteiger partial charge in [-0.25, -0.2) is 15.0 Å². The van der Waals surface area contributed by atoms with E-state index < -0.39 is 0 Å². The first-order chi connectivity index (χ1) is 24.7. The minimum absolute atomic E-state index is 0.0562. The van der Waals surface area contributed by atoms with Crippen molar-refractivity contribution in [3.05, 3.63) is 145 Å². The fraction of sp³-hybridized carbons (Fsp3) is 0.267. The SMILES string of the molecule is CC1(C)OB(c2ccc(C3(c4ccc(-c5nc(-c6ccccc6)nc(-c6ccccc6-c6ccccc6)n5)cc4)CCCCC3)cc2)OC1(C)C. The Labute approximate surface area is 302 Å². The molecule has 1 saturated heterocycles. The first kappa shape index (κ1) is 33.3. The molecule has 254 valence electrons. The van der Waals surface area contributed by atoms with Gasteiger partial charge < -0.3 is 9.31 Å². The Hall–Kier alpha value is -4.91. The third-order valence-electron chi connectivity index (χ3n) is 11.3. The summed E-state index contributed by atoms with van der Waals surface area (Å²) in [6.07, 6.45) is 5.92. The molecule has 1 aliphatic carbocycles. The van der Waals surface area contributed by atoms with Gasteiger partial charge >= 0.3 is 7.12 Å². The maximum atomic E-state index is 6.36. The lowest BCUT2D eigenvalue weighted by molar-refractivity contribution is 0.00578. The lowest BCUT2D eigenvalue weighted by Crippen LogP contribution is -2.41. The molecule has 0 bridgehead atoms. The van der Waals surface area contributed by atoms with Gasteiger partial charge in [-0.05, 0) is 68.3 Å². The average Bonchev–Trinajstić information content (AvgIpc) is 3.41. The van der Waals surface area contributed by atoms with Gasteiger partial charge in [-0.3, -0.25) is 0 Å².